The minimum Gasteiger partial charge on any atom is -0.494 e. The summed E-state index contributed by atoms with van der Waals surface area (Å²) < 4.78 is 29.9. The Bertz CT molecular complexity index is 1600. The molecule has 156 valence electrons. The number of sulfonamides is 1. The van der Waals surface area contributed by atoms with Crippen LogP contribution < -0.4 is 10.7 Å². The monoisotopic (exact) mass is 492 g/mol. The molecule has 2 aromatic carbocycles. The smallest absolute Gasteiger partial charge is 0.295 e. The van der Waals surface area contributed by atoms with Crippen molar-refractivity contribution in [3.63, 3.8) is 0 Å². The summed E-state index contributed by atoms with van der Waals surface area (Å²) in [7, 11) is -4.09. The van der Waals surface area contributed by atoms with Crippen molar-refractivity contribution in [1.29, 1.82) is 0 Å². The second-order valence-electron chi connectivity index (χ2n) is 6.48. The highest BCUT2D eigenvalue weighted by Gasteiger charge is 2.21. The molecule has 0 fully saturated rings. The van der Waals surface area contributed by atoms with Crippen LogP contribution in [0.3, 0.4) is 0 Å². The van der Waals surface area contributed by atoms with Gasteiger partial charge < -0.3 is 10.2 Å². The number of aromatic hydroxyl groups is 2. The third kappa shape index (κ3) is 3.28. The largest absolute Gasteiger partial charge is 0.494 e. The van der Waals surface area contributed by atoms with Crippen LogP contribution in [-0.2, 0) is 10.0 Å². The molecule has 0 spiro atoms. The zero-order chi connectivity index (χ0) is 21.9. The Morgan fingerprint density at radius 2 is 1.58 bits per heavy atom. The summed E-state index contributed by atoms with van der Waals surface area (Å²) in [6, 6.07) is 12.9. The van der Waals surface area contributed by atoms with Crippen molar-refractivity contribution in [2.75, 3.05) is 0 Å². The first-order chi connectivity index (χ1) is 14.7. The normalized spacial score (nSPS) is 14.6. The van der Waals surface area contributed by atoms with E-state index in [4.69, 9.17) is 23.2 Å². The van der Waals surface area contributed by atoms with E-state index < -0.39 is 10.0 Å². The van der Waals surface area contributed by atoms with Crippen LogP contribution in [0, 0.1) is 0 Å². The van der Waals surface area contributed by atoms with Crippen molar-refractivity contribution in [3.8, 4) is 17.4 Å². The van der Waals surface area contributed by atoms with Gasteiger partial charge in [-0.05, 0) is 36.4 Å². The molecule has 2 aromatic heterocycles. The van der Waals surface area contributed by atoms with Crippen LogP contribution in [0.25, 0.3) is 16.5 Å². The molecule has 2 N–H and O–H groups in total. The summed E-state index contributed by atoms with van der Waals surface area (Å²) in [6.07, 6.45) is 0. The zero-order valence-electron chi connectivity index (χ0n) is 15.2. The summed E-state index contributed by atoms with van der Waals surface area (Å²) in [6.45, 7) is 0. The van der Waals surface area contributed by atoms with E-state index in [0.29, 0.717) is 27.2 Å². The minimum absolute atomic E-state index is 0.120. The van der Waals surface area contributed by atoms with Crippen molar-refractivity contribution in [1.82, 2.24) is 4.57 Å². The molecule has 8 nitrogen and oxygen atoms in total. The predicted molar refractivity (Wildman–Crippen MR) is 118 cm³/mol. The molecule has 1 aliphatic heterocycles. The summed E-state index contributed by atoms with van der Waals surface area (Å²) in [5.74, 6) is -0.518. The molecule has 5 rings (SSSR count). The standard InChI is InChI=1S/C19H10Cl2N4O4S2/c20-12-8-15(30-16(12)21)31(28,29)24-19-22-13-6-5-9(7-14(13)23-19)25-17(26)10-3-1-2-4-11(10)18(25)27/h1-8,26-27H/b24-19+. The molecule has 0 atom stereocenters. The second kappa shape index (κ2) is 7.06. The number of hydrogen-bond donors (Lipinski definition) is 2. The Balaban J connectivity index is 1.60. The van der Waals surface area contributed by atoms with Crippen LogP contribution in [0.5, 0.6) is 11.8 Å². The zero-order valence-corrected chi connectivity index (χ0v) is 18.3. The van der Waals surface area contributed by atoms with E-state index in [9.17, 15) is 18.6 Å². The lowest BCUT2D eigenvalue weighted by molar-refractivity contribution is 0.406. The van der Waals surface area contributed by atoms with Gasteiger partial charge in [0.15, 0.2) is 0 Å². The summed E-state index contributed by atoms with van der Waals surface area (Å²) in [4.78, 5) is 8.28. The van der Waals surface area contributed by atoms with Crippen LogP contribution in [-0.4, -0.2) is 29.2 Å². The first-order valence-corrected chi connectivity index (χ1v) is 11.6. The Labute approximate surface area is 188 Å². The van der Waals surface area contributed by atoms with Crippen molar-refractivity contribution in [2.24, 2.45) is 14.4 Å². The van der Waals surface area contributed by atoms with Gasteiger partial charge in [0.05, 0.1) is 21.4 Å². The van der Waals surface area contributed by atoms with E-state index in [1.54, 1.807) is 42.5 Å². The quantitative estimate of drug-likeness (QED) is 0.455. The lowest BCUT2D eigenvalue weighted by atomic mass is 10.2. The number of hydrogen-bond acceptors (Lipinski definition) is 5. The maximum atomic E-state index is 12.5. The second-order valence-corrected chi connectivity index (χ2v) is 10.4. The average molecular weight is 493 g/mol. The van der Waals surface area contributed by atoms with E-state index in [1.807, 2.05) is 0 Å². The first kappa shape index (κ1) is 20.0. The van der Waals surface area contributed by atoms with Crippen LogP contribution >= 0.6 is 34.5 Å². The number of thiophene rings is 1. The molecule has 0 radical (unpaired) electrons. The van der Waals surface area contributed by atoms with Gasteiger partial charge in [-0.1, -0.05) is 35.3 Å². The van der Waals surface area contributed by atoms with Crippen molar-refractivity contribution in [2.45, 2.75) is 4.21 Å². The fourth-order valence-electron chi connectivity index (χ4n) is 3.18. The maximum Gasteiger partial charge on any atom is 0.295 e. The van der Waals surface area contributed by atoms with Gasteiger partial charge in [0.25, 0.3) is 16.0 Å². The molecular weight excluding hydrogens is 483 g/mol. The van der Waals surface area contributed by atoms with Crippen LogP contribution in [0.15, 0.2) is 67.1 Å². The van der Waals surface area contributed by atoms with E-state index in [-0.39, 0.29) is 31.3 Å². The fraction of sp³-hybridized carbons (Fsp3) is 0. The van der Waals surface area contributed by atoms with E-state index in [2.05, 4.69) is 14.4 Å². The minimum atomic E-state index is -4.09. The summed E-state index contributed by atoms with van der Waals surface area (Å²) in [5, 5.41) is 22.9. The lowest BCUT2D eigenvalue weighted by Crippen LogP contribution is -2.21. The highest BCUT2D eigenvalue weighted by Crippen LogP contribution is 2.38. The molecular formula is C19H10Cl2N4O4S2. The highest BCUT2D eigenvalue weighted by molar-refractivity contribution is 7.92. The van der Waals surface area contributed by atoms with Crippen LogP contribution in [0.2, 0.25) is 9.36 Å². The Morgan fingerprint density at radius 1 is 0.935 bits per heavy atom. The van der Waals surface area contributed by atoms with Gasteiger partial charge >= 0.3 is 0 Å². The number of guanidine groups is 1. The number of fused-ring (bicyclic) bond motifs is 2. The molecule has 0 unspecified atom stereocenters. The van der Waals surface area contributed by atoms with Crippen molar-refractivity contribution < 1.29 is 18.6 Å². The van der Waals surface area contributed by atoms with Gasteiger partial charge in [-0.3, -0.25) is 4.57 Å². The molecule has 0 aliphatic carbocycles. The molecule has 3 heterocycles. The van der Waals surface area contributed by atoms with Gasteiger partial charge in [-0.2, -0.15) is 8.42 Å². The number of rotatable bonds is 3. The van der Waals surface area contributed by atoms with Gasteiger partial charge in [-0.15, -0.1) is 15.7 Å². The number of nitrogens with zero attached hydrogens (tertiary/aromatic N) is 4. The molecule has 0 amide bonds. The fourth-order valence-corrected chi connectivity index (χ4v) is 5.92. The third-order valence-electron chi connectivity index (χ3n) is 4.57. The molecule has 0 saturated carbocycles. The topological polar surface area (TPSA) is 117 Å². The SMILES string of the molecule is O=S(=O)(/N=C1\N=c2ccc(-n3c(O)c4ccccc4c3O)cc2=N1)c1cc(Cl)c(Cl)s1. The molecule has 0 bridgehead atoms. The highest BCUT2D eigenvalue weighted by atomic mass is 35.5. The maximum absolute atomic E-state index is 12.5. The Hall–Kier alpha value is -2.92. The van der Waals surface area contributed by atoms with Gasteiger partial charge in [0.2, 0.25) is 11.8 Å². The van der Waals surface area contributed by atoms with Gasteiger partial charge in [-0.25, -0.2) is 9.98 Å². The van der Waals surface area contributed by atoms with E-state index >= 15 is 0 Å². The van der Waals surface area contributed by atoms with Gasteiger partial charge in [0.1, 0.15) is 8.55 Å². The summed E-state index contributed by atoms with van der Waals surface area (Å²) in [5.41, 5.74) is 0.421. The van der Waals surface area contributed by atoms with E-state index in [1.165, 1.54) is 10.6 Å². The molecule has 4 aromatic rings. The van der Waals surface area contributed by atoms with Crippen molar-refractivity contribution >= 4 is 61.3 Å². The molecule has 1 aliphatic rings. The molecule has 31 heavy (non-hydrogen) atoms. The number of aromatic nitrogens is 1. The van der Waals surface area contributed by atoms with E-state index in [0.717, 1.165) is 11.3 Å². The average Bonchev–Trinajstić information content (AvgIpc) is 3.36. The van der Waals surface area contributed by atoms with Gasteiger partial charge in [0, 0.05) is 10.8 Å². The number of halogens is 2. The van der Waals surface area contributed by atoms with Crippen molar-refractivity contribution in [3.05, 3.63) is 68.6 Å². The lowest BCUT2D eigenvalue weighted by Gasteiger charge is -2.05. The Kier molecular flexibility index (Phi) is 4.56. The summed E-state index contributed by atoms with van der Waals surface area (Å²) >= 11 is 12.5. The first-order valence-electron chi connectivity index (χ1n) is 8.64. The predicted octanol–water partition coefficient (Wildman–Crippen LogP) is 3.41. The third-order valence-corrected chi connectivity index (χ3v) is 8.14. The van der Waals surface area contributed by atoms with Crippen LogP contribution in [0.1, 0.15) is 0 Å². The number of benzene rings is 2. The van der Waals surface area contributed by atoms with Crippen LogP contribution in [0.4, 0.5) is 0 Å². The molecule has 12 heteroatoms. The Morgan fingerprint density at radius 3 is 2.19 bits per heavy atom. The molecule has 0 saturated heterocycles.